The second-order valence-electron chi connectivity index (χ2n) is 5.92. The molecule has 2 unspecified atom stereocenters. The van der Waals surface area contributed by atoms with Crippen molar-refractivity contribution in [1.29, 1.82) is 0 Å². The van der Waals surface area contributed by atoms with Gasteiger partial charge in [-0.05, 0) is 52.5 Å². The Labute approximate surface area is 106 Å². The SMILES string of the molecule is CCNC1(CO)CCCC(OC(C)(C)CC)C1. The highest BCUT2D eigenvalue weighted by Crippen LogP contribution is 2.32. The van der Waals surface area contributed by atoms with E-state index in [2.05, 4.69) is 33.0 Å². The van der Waals surface area contributed by atoms with Crippen molar-refractivity contribution in [1.82, 2.24) is 5.32 Å². The van der Waals surface area contributed by atoms with E-state index in [1.165, 1.54) is 0 Å². The van der Waals surface area contributed by atoms with Gasteiger partial charge in [0.25, 0.3) is 0 Å². The first-order valence-corrected chi connectivity index (χ1v) is 7.00. The third kappa shape index (κ3) is 4.23. The van der Waals surface area contributed by atoms with Gasteiger partial charge in [-0.3, -0.25) is 0 Å². The molecular formula is C14H29NO2. The standard InChI is InChI=1S/C14H29NO2/c1-5-13(3,4)17-12-8-7-9-14(10-12,11-16)15-6-2/h12,15-16H,5-11H2,1-4H3. The minimum Gasteiger partial charge on any atom is -0.394 e. The zero-order valence-corrected chi connectivity index (χ0v) is 11.9. The van der Waals surface area contributed by atoms with Gasteiger partial charge in [0.05, 0.1) is 18.3 Å². The molecule has 0 aromatic heterocycles. The number of likely N-dealkylation sites (N-methyl/N-ethyl adjacent to an activating group) is 1. The molecule has 2 atom stereocenters. The van der Waals surface area contributed by atoms with Crippen molar-refractivity contribution in [3.63, 3.8) is 0 Å². The van der Waals surface area contributed by atoms with E-state index in [1.54, 1.807) is 0 Å². The minimum atomic E-state index is -0.110. The molecule has 1 rings (SSSR count). The maximum atomic E-state index is 9.63. The van der Waals surface area contributed by atoms with E-state index < -0.39 is 0 Å². The number of aliphatic hydroxyl groups is 1. The van der Waals surface area contributed by atoms with E-state index in [-0.39, 0.29) is 23.9 Å². The first kappa shape index (κ1) is 14.9. The zero-order valence-electron chi connectivity index (χ0n) is 11.9. The Bertz CT molecular complexity index is 226. The number of rotatable bonds is 6. The smallest absolute Gasteiger partial charge is 0.0627 e. The average molecular weight is 243 g/mol. The van der Waals surface area contributed by atoms with Crippen molar-refractivity contribution >= 4 is 0 Å². The van der Waals surface area contributed by atoms with E-state index >= 15 is 0 Å². The monoisotopic (exact) mass is 243 g/mol. The molecule has 1 fully saturated rings. The van der Waals surface area contributed by atoms with Crippen LogP contribution in [0, 0.1) is 0 Å². The first-order valence-electron chi connectivity index (χ1n) is 7.00. The predicted molar refractivity (Wildman–Crippen MR) is 71.2 cm³/mol. The summed E-state index contributed by atoms with van der Waals surface area (Å²) in [6.07, 6.45) is 5.56. The third-order valence-electron chi connectivity index (χ3n) is 3.99. The fourth-order valence-electron chi connectivity index (χ4n) is 2.68. The topological polar surface area (TPSA) is 41.5 Å². The fourth-order valence-corrected chi connectivity index (χ4v) is 2.68. The highest BCUT2D eigenvalue weighted by Gasteiger charge is 2.37. The molecule has 0 radical (unpaired) electrons. The van der Waals surface area contributed by atoms with Crippen LogP contribution in [0.3, 0.4) is 0 Å². The number of nitrogens with one attached hydrogen (secondary N) is 1. The molecule has 3 nitrogen and oxygen atoms in total. The molecule has 0 amide bonds. The number of aliphatic hydroxyl groups excluding tert-OH is 1. The second-order valence-corrected chi connectivity index (χ2v) is 5.92. The van der Waals surface area contributed by atoms with Crippen LogP contribution in [0.4, 0.5) is 0 Å². The molecule has 0 bridgehead atoms. The van der Waals surface area contributed by atoms with Gasteiger partial charge in [0.15, 0.2) is 0 Å². The van der Waals surface area contributed by atoms with Gasteiger partial charge in [-0.2, -0.15) is 0 Å². The highest BCUT2D eigenvalue weighted by atomic mass is 16.5. The zero-order chi connectivity index (χ0) is 12.9. The summed E-state index contributed by atoms with van der Waals surface area (Å²) in [5.41, 5.74) is -0.156. The van der Waals surface area contributed by atoms with Crippen LogP contribution in [0.2, 0.25) is 0 Å². The van der Waals surface area contributed by atoms with Crippen LogP contribution in [0.25, 0.3) is 0 Å². The van der Waals surface area contributed by atoms with Gasteiger partial charge in [0.1, 0.15) is 0 Å². The molecule has 2 N–H and O–H groups in total. The van der Waals surface area contributed by atoms with Crippen molar-refractivity contribution in [3.8, 4) is 0 Å². The van der Waals surface area contributed by atoms with Crippen LogP contribution < -0.4 is 5.32 Å². The molecule has 0 spiro atoms. The lowest BCUT2D eigenvalue weighted by Gasteiger charge is -2.42. The summed E-state index contributed by atoms with van der Waals surface area (Å²) in [5.74, 6) is 0. The van der Waals surface area contributed by atoms with Gasteiger partial charge in [0, 0.05) is 5.54 Å². The van der Waals surface area contributed by atoms with Gasteiger partial charge >= 0.3 is 0 Å². The van der Waals surface area contributed by atoms with E-state index in [9.17, 15) is 5.11 Å². The Morgan fingerprint density at radius 1 is 1.41 bits per heavy atom. The highest BCUT2D eigenvalue weighted by molar-refractivity contribution is 4.94. The lowest BCUT2D eigenvalue weighted by Crippen LogP contribution is -2.53. The van der Waals surface area contributed by atoms with Crippen molar-refractivity contribution in [2.45, 2.75) is 77.0 Å². The molecule has 0 aromatic rings. The summed E-state index contributed by atoms with van der Waals surface area (Å²) in [4.78, 5) is 0. The largest absolute Gasteiger partial charge is 0.394 e. The molecule has 1 saturated carbocycles. The summed E-state index contributed by atoms with van der Waals surface area (Å²) in [6, 6.07) is 0. The van der Waals surface area contributed by atoms with E-state index in [1.807, 2.05) is 0 Å². The summed E-state index contributed by atoms with van der Waals surface area (Å²) in [7, 11) is 0. The van der Waals surface area contributed by atoms with Crippen LogP contribution in [-0.2, 0) is 4.74 Å². The Morgan fingerprint density at radius 2 is 2.12 bits per heavy atom. The van der Waals surface area contributed by atoms with Crippen LogP contribution in [0.1, 0.15) is 59.8 Å². The van der Waals surface area contributed by atoms with E-state index in [4.69, 9.17) is 4.74 Å². The number of hydrogen-bond donors (Lipinski definition) is 2. The van der Waals surface area contributed by atoms with Crippen molar-refractivity contribution in [3.05, 3.63) is 0 Å². The second kappa shape index (κ2) is 6.17. The summed E-state index contributed by atoms with van der Waals surface area (Å²) < 4.78 is 6.18. The Morgan fingerprint density at radius 3 is 2.65 bits per heavy atom. The van der Waals surface area contributed by atoms with Crippen molar-refractivity contribution < 1.29 is 9.84 Å². The molecule has 1 aliphatic rings. The number of ether oxygens (including phenoxy) is 1. The quantitative estimate of drug-likeness (QED) is 0.753. The van der Waals surface area contributed by atoms with E-state index in [0.29, 0.717) is 0 Å². The molecule has 17 heavy (non-hydrogen) atoms. The summed E-state index contributed by atoms with van der Waals surface area (Å²) >= 11 is 0. The molecule has 1 aliphatic carbocycles. The van der Waals surface area contributed by atoms with Crippen molar-refractivity contribution in [2.75, 3.05) is 13.2 Å². The maximum Gasteiger partial charge on any atom is 0.0627 e. The summed E-state index contributed by atoms with van der Waals surface area (Å²) in [5, 5.41) is 13.1. The summed E-state index contributed by atoms with van der Waals surface area (Å²) in [6.45, 7) is 9.67. The van der Waals surface area contributed by atoms with Crippen LogP contribution >= 0.6 is 0 Å². The Kier molecular flexibility index (Phi) is 5.42. The van der Waals surface area contributed by atoms with Gasteiger partial charge in [-0.25, -0.2) is 0 Å². The van der Waals surface area contributed by atoms with Gasteiger partial charge in [-0.15, -0.1) is 0 Å². The molecule has 0 heterocycles. The van der Waals surface area contributed by atoms with Gasteiger partial charge in [-0.1, -0.05) is 13.8 Å². The van der Waals surface area contributed by atoms with Crippen molar-refractivity contribution in [2.24, 2.45) is 0 Å². The minimum absolute atomic E-state index is 0.0462. The predicted octanol–water partition coefficient (Wildman–Crippen LogP) is 2.47. The molecule has 0 saturated heterocycles. The van der Waals surface area contributed by atoms with Crippen LogP contribution in [0.15, 0.2) is 0 Å². The van der Waals surface area contributed by atoms with E-state index in [0.717, 1.165) is 38.6 Å². The number of hydrogen-bond acceptors (Lipinski definition) is 3. The molecule has 3 heteroatoms. The van der Waals surface area contributed by atoms with Gasteiger partial charge < -0.3 is 15.2 Å². The Hall–Kier alpha value is -0.120. The third-order valence-corrected chi connectivity index (χ3v) is 3.99. The lowest BCUT2D eigenvalue weighted by atomic mass is 9.80. The molecule has 0 aliphatic heterocycles. The molecule has 102 valence electrons. The van der Waals surface area contributed by atoms with Gasteiger partial charge in [0.2, 0.25) is 0 Å². The fraction of sp³-hybridized carbons (Fsp3) is 1.00. The lowest BCUT2D eigenvalue weighted by molar-refractivity contribution is -0.103. The van der Waals surface area contributed by atoms with Crippen LogP contribution in [0.5, 0.6) is 0 Å². The molecule has 0 aromatic carbocycles. The first-order chi connectivity index (χ1) is 7.97. The maximum absolute atomic E-state index is 9.63. The Balaban J connectivity index is 2.59. The molecular weight excluding hydrogens is 214 g/mol. The van der Waals surface area contributed by atoms with Crippen LogP contribution in [-0.4, -0.2) is 35.5 Å². The normalized spacial score (nSPS) is 30.5. The average Bonchev–Trinajstić information content (AvgIpc) is 2.29.